The number of halogens is 3. The predicted molar refractivity (Wildman–Crippen MR) is 105 cm³/mol. The number of benzene rings is 1. The van der Waals surface area contributed by atoms with E-state index in [1.165, 1.54) is 17.0 Å². The quantitative estimate of drug-likeness (QED) is 0.739. The minimum absolute atomic E-state index is 0.155. The number of aliphatic hydroxyl groups is 1. The van der Waals surface area contributed by atoms with Crippen LogP contribution in [0.2, 0.25) is 0 Å². The zero-order valence-corrected chi connectivity index (χ0v) is 17.5. The van der Waals surface area contributed by atoms with Crippen LogP contribution in [-0.4, -0.2) is 50.1 Å². The Morgan fingerprint density at radius 2 is 2.06 bits per heavy atom. The fraction of sp³-hybridized carbons (Fsp3) is 0.524. The number of alkyl halides is 3. The van der Waals surface area contributed by atoms with Crippen molar-refractivity contribution in [2.24, 2.45) is 5.92 Å². The van der Waals surface area contributed by atoms with Crippen LogP contribution in [0.1, 0.15) is 54.9 Å². The average molecular weight is 452 g/mol. The van der Waals surface area contributed by atoms with E-state index in [2.05, 4.69) is 20.0 Å². The number of fused-ring (bicyclic) bond motifs is 1. The SMILES string of the molecule is CC(C)C(=O)N[C@@H]1CCCC(O)[C@@H]1N1Cc2ccc(-c3noc(C(F)(F)F)n3)cc2C1=O. The molecule has 1 fully saturated rings. The van der Waals surface area contributed by atoms with Gasteiger partial charge in [0.2, 0.25) is 11.7 Å². The fourth-order valence-electron chi connectivity index (χ4n) is 4.25. The van der Waals surface area contributed by atoms with Gasteiger partial charge in [0.15, 0.2) is 0 Å². The Kier molecular flexibility index (Phi) is 5.70. The maximum Gasteiger partial charge on any atom is 0.471 e. The number of aliphatic hydroxyl groups excluding tert-OH is 1. The molecule has 1 aliphatic carbocycles. The highest BCUT2D eigenvalue weighted by atomic mass is 19.4. The van der Waals surface area contributed by atoms with Gasteiger partial charge in [-0.15, -0.1) is 0 Å². The molecular formula is C21H23F3N4O4. The van der Waals surface area contributed by atoms with Crippen LogP contribution in [0.25, 0.3) is 11.4 Å². The fourth-order valence-corrected chi connectivity index (χ4v) is 4.25. The number of amides is 2. The Balaban J connectivity index is 1.59. The van der Waals surface area contributed by atoms with Crippen LogP contribution in [0.3, 0.4) is 0 Å². The lowest BCUT2D eigenvalue weighted by Crippen LogP contribution is -2.59. The lowest BCUT2D eigenvalue weighted by atomic mass is 9.86. The number of hydrogen-bond donors (Lipinski definition) is 2. The van der Waals surface area contributed by atoms with Crippen molar-refractivity contribution < 1.29 is 32.4 Å². The maximum absolute atomic E-state index is 13.2. The van der Waals surface area contributed by atoms with Gasteiger partial charge in [-0.25, -0.2) is 0 Å². The van der Waals surface area contributed by atoms with Gasteiger partial charge >= 0.3 is 12.1 Å². The van der Waals surface area contributed by atoms with Crippen molar-refractivity contribution in [2.75, 3.05) is 0 Å². The molecule has 0 spiro atoms. The lowest BCUT2D eigenvalue weighted by molar-refractivity contribution is -0.159. The Morgan fingerprint density at radius 1 is 1.31 bits per heavy atom. The molecule has 3 atom stereocenters. The molecule has 1 aromatic heterocycles. The van der Waals surface area contributed by atoms with E-state index in [1.54, 1.807) is 19.9 Å². The number of carbonyl (C=O) groups is 2. The second kappa shape index (κ2) is 8.19. The number of rotatable bonds is 4. The van der Waals surface area contributed by atoms with Gasteiger partial charge in [-0.2, -0.15) is 18.2 Å². The first-order valence-corrected chi connectivity index (χ1v) is 10.4. The highest BCUT2D eigenvalue weighted by Crippen LogP contribution is 2.34. The number of nitrogens with one attached hydrogen (secondary N) is 1. The van der Waals surface area contributed by atoms with E-state index >= 15 is 0 Å². The molecular weight excluding hydrogens is 429 g/mol. The Labute approximate surface area is 181 Å². The van der Waals surface area contributed by atoms with E-state index in [-0.39, 0.29) is 35.7 Å². The summed E-state index contributed by atoms with van der Waals surface area (Å²) in [7, 11) is 0. The molecule has 2 heterocycles. The van der Waals surface area contributed by atoms with Gasteiger partial charge in [0.1, 0.15) is 0 Å². The highest BCUT2D eigenvalue weighted by molar-refractivity contribution is 5.99. The Hall–Kier alpha value is -2.95. The summed E-state index contributed by atoms with van der Waals surface area (Å²) in [6.07, 6.45) is -3.70. The van der Waals surface area contributed by atoms with Crippen molar-refractivity contribution >= 4 is 11.8 Å². The summed E-state index contributed by atoms with van der Waals surface area (Å²) in [5.41, 5.74) is 1.18. The van der Waals surface area contributed by atoms with E-state index in [0.717, 1.165) is 6.42 Å². The number of hydrogen-bond acceptors (Lipinski definition) is 6. The minimum Gasteiger partial charge on any atom is -0.391 e. The van der Waals surface area contributed by atoms with E-state index < -0.39 is 30.3 Å². The minimum atomic E-state index is -4.76. The monoisotopic (exact) mass is 452 g/mol. The third-order valence-corrected chi connectivity index (χ3v) is 5.90. The summed E-state index contributed by atoms with van der Waals surface area (Å²) in [6, 6.07) is 3.59. The maximum atomic E-state index is 13.2. The summed E-state index contributed by atoms with van der Waals surface area (Å²) in [4.78, 5) is 30.4. The van der Waals surface area contributed by atoms with Crippen molar-refractivity contribution in [2.45, 2.75) is 64.0 Å². The molecule has 1 saturated carbocycles. The summed E-state index contributed by atoms with van der Waals surface area (Å²) in [6.45, 7) is 3.76. The summed E-state index contributed by atoms with van der Waals surface area (Å²) < 4.78 is 42.6. The summed E-state index contributed by atoms with van der Waals surface area (Å²) in [5, 5.41) is 17.0. The van der Waals surface area contributed by atoms with Gasteiger partial charge in [-0.3, -0.25) is 9.59 Å². The molecule has 0 saturated heterocycles. The van der Waals surface area contributed by atoms with Crippen LogP contribution in [0, 0.1) is 5.92 Å². The van der Waals surface area contributed by atoms with Gasteiger partial charge in [0.25, 0.3) is 5.91 Å². The Bertz CT molecular complexity index is 1040. The largest absolute Gasteiger partial charge is 0.471 e. The van der Waals surface area contributed by atoms with Gasteiger partial charge in [-0.1, -0.05) is 31.1 Å². The van der Waals surface area contributed by atoms with Crippen molar-refractivity contribution in [3.05, 3.63) is 35.2 Å². The molecule has 0 bridgehead atoms. The van der Waals surface area contributed by atoms with Gasteiger partial charge in [0.05, 0.1) is 18.2 Å². The highest BCUT2D eigenvalue weighted by Gasteiger charge is 2.43. The smallest absolute Gasteiger partial charge is 0.391 e. The second-order valence-corrected chi connectivity index (χ2v) is 8.48. The molecule has 1 unspecified atom stereocenters. The number of nitrogens with zero attached hydrogens (tertiary/aromatic N) is 3. The van der Waals surface area contributed by atoms with E-state index in [9.17, 15) is 27.9 Å². The molecule has 2 amide bonds. The van der Waals surface area contributed by atoms with E-state index in [0.29, 0.717) is 24.0 Å². The molecule has 11 heteroatoms. The zero-order valence-electron chi connectivity index (χ0n) is 17.5. The third-order valence-electron chi connectivity index (χ3n) is 5.90. The first kappa shape index (κ1) is 22.3. The van der Waals surface area contributed by atoms with Crippen molar-refractivity contribution in [3.8, 4) is 11.4 Å². The molecule has 2 aliphatic rings. The standard InChI is InChI=1S/C21H23F3N4O4/c1-10(2)18(30)25-14-4-3-5-15(29)16(14)28-9-12-7-6-11(8-13(12)19(28)31)17-26-20(32-27-17)21(22,23)24/h6-8,10,14-16,29H,3-5,9H2,1-2H3,(H,25,30)/t14-,15?,16-/m1/s1. The summed E-state index contributed by atoms with van der Waals surface area (Å²) in [5.74, 6) is -2.49. The molecule has 2 N–H and O–H groups in total. The first-order valence-electron chi connectivity index (χ1n) is 10.4. The zero-order chi connectivity index (χ0) is 23.2. The van der Waals surface area contributed by atoms with Crippen LogP contribution in [0.5, 0.6) is 0 Å². The van der Waals surface area contributed by atoms with Crippen LogP contribution in [-0.2, 0) is 17.5 Å². The van der Waals surface area contributed by atoms with Gasteiger partial charge < -0.3 is 19.8 Å². The lowest BCUT2D eigenvalue weighted by Gasteiger charge is -2.41. The number of aromatic nitrogens is 2. The van der Waals surface area contributed by atoms with E-state index in [4.69, 9.17) is 0 Å². The van der Waals surface area contributed by atoms with Crippen LogP contribution in [0.4, 0.5) is 13.2 Å². The second-order valence-electron chi connectivity index (χ2n) is 8.48. The average Bonchev–Trinajstić information content (AvgIpc) is 3.33. The Morgan fingerprint density at radius 3 is 2.72 bits per heavy atom. The molecule has 8 nitrogen and oxygen atoms in total. The molecule has 0 radical (unpaired) electrons. The molecule has 1 aliphatic heterocycles. The van der Waals surface area contributed by atoms with Crippen LogP contribution >= 0.6 is 0 Å². The molecule has 2 aromatic rings. The van der Waals surface area contributed by atoms with Gasteiger partial charge in [0, 0.05) is 23.6 Å². The van der Waals surface area contributed by atoms with Crippen molar-refractivity contribution in [1.29, 1.82) is 0 Å². The molecule has 1 aromatic carbocycles. The summed E-state index contributed by atoms with van der Waals surface area (Å²) >= 11 is 0. The normalized spacial score (nSPS) is 23.5. The van der Waals surface area contributed by atoms with Crippen molar-refractivity contribution in [3.63, 3.8) is 0 Å². The van der Waals surface area contributed by atoms with Crippen LogP contribution < -0.4 is 5.32 Å². The molecule has 32 heavy (non-hydrogen) atoms. The molecule has 4 rings (SSSR count). The van der Waals surface area contributed by atoms with E-state index in [1.807, 2.05) is 0 Å². The topological polar surface area (TPSA) is 109 Å². The predicted octanol–water partition coefficient (Wildman–Crippen LogP) is 2.77. The van der Waals surface area contributed by atoms with Crippen molar-refractivity contribution in [1.82, 2.24) is 20.4 Å². The van der Waals surface area contributed by atoms with Crippen LogP contribution in [0.15, 0.2) is 22.7 Å². The molecule has 172 valence electrons. The first-order chi connectivity index (χ1) is 15.1. The number of carbonyl (C=O) groups excluding carboxylic acids is 2. The third kappa shape index (κ3) is 4.08. The van der Waals surface area contributed by atoms with Gasteiger partial charge in [-0.05, 0) is 30.9 Å².